The molecule has 4 heterocycles. The van der Waals surface area contributed by atoms with Gasteiger partial charge < -0.3 is 20.1 Å². The second-order valence-electron chi connectivity index (χ2n) is 11.4. The Bertz CT molecular complexity index is 1720. The van der Waals surface area contributed by atoms with E-state index >= 15 is 4.39 Å². The first kappa shape index (κ1) is 28.4. The largest absolute Gasteiger partial charge is 0.457 e. The average molecular weight is 581 g/mol. The molecule has 1 amide bonds. The van der Waals surface area contributed by atoms with E-state index in [2.05, 4.69) is 16.8 Å². The zero-order valence-corrected chi connectivity index (χ0v) is 24.0. The number of benzene rings is 2. The number of anilines is 1. The molecule has 10 heteroatoms. The number of amides is 1. The van der Waals surface area contributed by atoms with Crippen molar-refractivity contribution in [3.63, 3.8) is 0 Å². The number of hydrogen-bond donors (Lipinski definition) is 1. The van der Waals surface area contributed by atoms with E-state index in [0.717, 1.165) is 25.7 Å². The summed E-state index contributed by atoms with van der Waals surface area (Å²) in [7, 11) is 0. The van der Waals surface area contributed by atoms with Crippen LogP contribution in [-0.4, -0.2) is 51.5 Å². The number of nitrogens with two attached hydrogens (primary N) is 1. The summed E-state index contributed by atoms with van der Waals surface area (Å²) in [4.78, 5) is 28.1. The third kappa shape index (κ3) is 5.81. The summed E-state index contributed by atoms with van der Waals surface area (Å²) in [5, 5.41) is 0. The Balaban J connectivity index is 1.30. The molecule has 9 nitrogen and oxygen atoms in total. The van der Waals surface area contributed by atoms with E-state index < -0.39 is 5.82 Å². The first-order valence-corrected chi connectivity index (χ1v) is 14.5. The van der Waals surface area contributed by atoms with Crippen LogP contribution in [0.2, 0.25) is 0 Å². The molecule has 2 N–H and O–H groups in total. The third-order valence-corrected chi connectivity index (χ3v) is 8.32. The lowest BCUT2D eigenvalue weighted by atomic mass is 9.81. The predicted octanol–water partition coefficient (Wildman–Crippen LogP) is 6.24. The van der Waals surface area contributed by atoms with Gasteiger partial charge in [0.25, 0.3) is 5.91 Å². The van der Waals surface area contributed by atoms with Crippen LogP contribution in [0.3, 0.4) is 0 Å². The van der Waals surface area contributed by atoms with Crippen LogP contribution in [0.5, 0.6) is 11.5 Å². The summed E-state index contributed by atoms with van der Waals surface area (Å²) in [6, 6.07) is 13.8. The van der Waals surface area contributed by atoms with Crippen LogP contribution in [0.15, 0.2) is 72.7 Å². The molecule has 0 radical (unpaired) electrons. The highest BCUT2D eigenvalue weighted by molar-refractivity contribution is 5.95. The maximum absolute atomic E-state index is 15.6. The first-order chi connectivity index (χ1) is 20.8. The monoisotopic (exact) mass is 580 g/mol. The van der Waals surface area contributed by atoms with Gasteiger partial charge in [0.05, 0.1) is 6.57 Å². The number of imidazole rings is 1. The van der Waals surface area contributed by atoms with Crippen LogP contribution in [0.4, 0.5) is 10.2 Å². The van der Waals surface area contributed by atoms with Crippen LogP contribution >= 0.6 is 0 Å². The fraction of sp³-hybridized carbons (Fsp3) is 0.333. The minimum Gasteiger partial charge on any atom is -0.457 e. The lowest BCUT2D eigenvalue weighted by molar-refractivity contribution is -0.128. The van der Waals surface area contributed by atoms with Gasteiger partial charge >= 0.3 is 0 Å². The summed E-state index contributed by atoms with van der Waals surface area (Å²) in [5.41, 5.74) is 7.38. The minimum atomic E-state index is -0.503. The van der Waals surface area contributed by atoms with E-state index in [0.29, 0.717) is 54.8 Å². The molecular weight excluding hydrogens is 547 g/mol. The van der Waals surface area contributed by atoms with Gasteiger partial charge in [-0.15, -0.1) is 0 Å². The Kier molecular flexibility index (Phi) is 7.82. The Morgan fingerprint density at radius 3 is 2.74 bits per heavy atom. The number of carbonyl (C=O) groups is 1. The second-order valence-corrected chi connectivity index (χ2v) is 11.4. The summed E-state index contributed by atoms with van der Waals surface area (Å²) >= 11 is 0. The van der Waals surface area contributed by atoms with Gasteiger partial charge in [-0.2, -0.15) is 0 Å². The standard InChI is InChI=1S/C33H33FN6O3/c1-33(12-17-42-18-13-33)20-27(36-2)32(41)39-15-6-7-22(21-39)31-38-28(29-30(35)37-14-16-40(29)31)25-11-10-24(19-26(25)34)43-23-8-4-3-5-9-23/h3-5,8-11,14,16,19-20,22H,6-7,12-13,15,17-18,21H2,1H3,(H2,35,37)/t22-/m1/s1. The highest BCUT2D eigenvalue weighted by atomic mass is 19.1. The summed E-state index contributed by atoms with van der Waals surface area (Å²) in [6.07, 6.45) is 8.26. The number of rotatable bonds is 6. The summed E-state index contributed by atoms with van der Waals surface area (Å²) < 4.78 is 28.7. The molecule has 2 aromatic carbocycles. The zero-order chi connectivity index (χ0) is 30.0. The van der Waals surface area contributed by atoms with E-state index in [9.17, 15) is 4.79 Å². The fourth-order valence-electron chi connectivity index (χ4n) is 5.93. The van der Waals surface area contributed by atoms with Gasteiger partial charge in [0.1, 0.15) is 40.2 Å². The number of hydrogen-bond acceptors (Lipinski definition) is 6. The molecule has 0 bridgehead atoms. The van der Waals surface area contributed by atoms with Crippen LogP contribution in [0.1, 0.15) is 44.3 Å². The van der Waals surface area contributed by atoms with Crippen molar-refractivity contribution in [2.75, 3.05) is 32.0 Å². The molecule has 0 aliphatic carbocycles. The van der Waals surface area contributed by atoms with Gasteiger partial charge in [0, 0.05) is 56.2 Å². The molecule has 0 saturated carbocycles. The Labute approximate surface area is 249 Å². The smallest absolute Gasteiger partial charge is 0.252 e. The van der Waals surface area contributed by atoms with E-state index in [-0.39, 0.29) is 34.3 Å². The van der Waals surface area contributed by atoms with E-state index in [4.69, 9.17) is 26.8 Å². The maximum Gasteiger partial charge on any atom is 0.252 e. The fourth-order valence-corrected chi connectivity index (χ4v) is 5.93. The SMILES string of the molecule is [C-]#[N+]C(=CC1(C)CCOCC1)C(=O)N1CCC[C@@H](c2nc(-c3ccc(Oc4ccccc4)cc3F)c3c(N)nccn23)C1. The molecule has 43 heavy (non-hydrogen) atoms. The number of piperidine rings is 1. The summed E-state index contributed by atoms with van der Waals surface area (Å²) in [5.74, 6) is 0.952. The minimum absolute atomic E-state index is 0.143. The molecule has 2 aromatic heterocycles. The van der Waals surface area contributed by atoms with Crippen molar-refractivity contribution in [1.82, 2.24) is 19.3 Å². The van der Waals surface area contributed by atoms with Crippen LogP contribution in [0.25, 0.3) is 21.6 Å². The second kappa shape index (κ2) is 11.9. The highest BCUT2D eigenvalue weighted by Gasteiger charge is 2.33. The molecule has 0 spiro atoms. The molecular formula is C33H33FN6O3. The van der Waals surface area contributed by atoms with Crippen molar-refractivity contribution >= 4 is 17.2 Å². The van der Waals surface area contributed by atoms with Gasteiger partial charge in [0.15, 0.2) is 0 Å². The van der Waals surface area contributed by atoms with E-state index in [1.165, 1.54) is 6.07 Å². The highest BCUT2D eigenvalue weighted by Crippen LogP contribution is 2.37. The van der Waals surface area contributed by atoms with Crippen molar-refractivity contribution in [1.29, 1.82) is 0 Å². The lowest BCUT2D eigenvalue weighted by Gasteiger charge is -2.34. The normalized spacial score (nSPS) is 18.8. The number of ether oxygens (including phenoxy) is 2. The van der Waals surface area contributed by atoms with Crippen molar-refractivity contribution in [2.45, 2.75) is 38.5 Å². The zero-order valence-electron chi connectivity index (χ0n) is 24.0. The molecule has 2 fully saturated rings. The Morgan fingerprint density at radius 1 is 1.21 bits per heavy atom. The molecule has 220 valence electrons. The van der Waals surface area contributed by atoms with Crippen molar-refractivity contribution in [3.05, 3.63) is 95.8 Å². The van der Waals surface area contributed by atoms with Crippen molar-refractivity contribution < 1.29 is 18.7 Å². The molecule has 2 aliphatic heterocycles. The Morgan fingerprint density at radius 2 is 2.00 bits per heavy atom. The van der Waals surface area contributed by atoms with Gasteiger partial charge in [-0.3, -0.25) is 9.20 Å². The molecule has 1 atom stereocenters. The molecule has 2 aliphatic rings. The van der Waals surface area contributed by atoms with Crippen LogP contribution < -0.4 is 10.5 Å². The third-order valence-electron chi connectivity index (χ3n) is 8.32. The quantitative estimate of drug-likeness (QED) is 0.214. The van der Waals surface area contributed by atoms with Gasteiger partial charge in [-0.25, -0.2) is 19.2 Å². The van der Waals surface area contributed by atoms with E-state index in [1.807, 2.05) is 28.7 Å². The van der Waals surface area contributed by atoms with Crippen molar-refractivity contribution in [2.24, 2.45) is 5.41 Å². The number of allylic oxidation sites excluding steroid dienone is 1. The number of aromatic nitrogens is 3. The number of likely N-dealkylation sites (tertiary alicyclic amines) is 1. The molecule has 2 saturated heterocycles. The Hall–Kier alpha value is -4.75. The number of nitrogen functional groups attached to an aromatic ring is 1. The molecule has 4 aromatic rings. The number of para-hydroxylation sites is 1. The van der Waals surface area contributed by atoms with E-state index in [1.54, 1.807) is 41.6 Å². The average Bonchev–Trinajstić information content (AvgIpc) is 3.41. The summed E-state index contributed by atoms with van der Waals surface area (Å²) in [6.45, 7) is 12.0. The van der Waals surface area contributed by atoms with Crippen LogP contribution in [-0.2, 0) is 9.53 Å². The molecule has 6 rings (SSSR count). The van der Waals surface area contributed by atoms with Gasteiger partial charge in [-0.1, -0.05) is 31.2 Å². The number of nitrogens with zero attached hydrogens (tertiary/aromatic N) is 5. The number of carbonyl (C=O) groups excluding carboxylic acids is 1. The molecule has 0 unspecified atom stereocenters. The van der Waals surface area contributed by atoms with Crippen molar-refractivity contribution in [3.8, 4) is 22.8 Å². The van der Waals surface area contributed by atoms with Crippen LogP contribution in [0, 0.1) is 17.8 Å². The maximum atomic E-state index is 15.6. The number of fused-ring (bicyclic) bond motifs is 1. The number of halogens is 1. The van der Waals surface area contributed by atoms with Gasteiger partial charge in [0.2, 0.25) is 5.70 Å². The van der Waals surface area contributed by atoms with Gasteiger partial charge in [-0.05, 0) is 55.4 Å². The lowest BCUT2D eigenvalue weighted by Crippen LogP contribution is -2.40. The topological polar surface area (TPSA) is 99.3 Å². The predicted molar refractivity (Wildman–Crippen MR) is 161 cm³/mol. The first-order valence-electron chi connectivity index (χ1n) is 14.5.